The van der Waals surface area contributed by atoms with Crippen LogP contribution in [-0.2, 0) is 0 Å². The molecule has 0 amide bonds. The van der Waals surface area contributed by atoms with E-state index >= 15 is 0 Å². The van der Waals surface area contributed by atoms with Crippen LogP contribution in [0.2, 0.25) is 0 Å². The highest BCUT2D eigenvalue weighted by Crippen LogP contribution is 2.24. The lowest BCUT2D eigenvalue weighted by Gasteiger charge is -2.22. The molecule has 2 heterocycles. The van der Waals surface area contributed by atoms with Crippen LogP contribution in [-0.4, -0.2) is 45.3 Å². The van der Waals surface area contributed by atoms with Crippen molar-refractivity contribution in [2.24, 2.45) is 0 Å². The van der Waals surface area contributed by atoms with Crippen molar-refractivity contribution in [1.29, 1.82) is 15.8 Å². The summed E-state index contributed by atoms with van der Waals surface area (Å²) in [5, 5.41) is 25.0. The zero-order valence-corrected chi connectivity index (χ0v) is 33.1. The van der Waals surface area contributed by atoms with Crippen LogP contribution in [0.25, 0.3) is 10.9 Å². The molecule has 1 aliphatic carbocycles. The molecule has 58 heavy (non-hydrogen) atoms. The van der Waals surface area contributed by atoms with E-state index in [1.807, 2.05) is 12.1 Å². The molecule has 3 aromatic rings. The molecule has 2 aliphatic heterocycles. The summed E-state index contributed by atoms with van der Waals surface area (Å²) in [6.45, 7) is 9.87. The Morgan fingerprint density at radius 2 is 0.931 bits per heavy atom. The number of carbonyl (C=O) groups is 2. The molecule has 0 unspecified atom stereocenters. The lowest BCUT2D eigenvalue weighted by Crippen LogP contribution is -2.23. The predicted molar refractivity (Wildman–Crippen MR) is 220 cm³/mol. The molecular formula is C46H52F4N6O2. The van der Waals surface area contributed by atoms with Gasteiger partial charge < -0.3 is 14.6 Å². The van der Waals surface area contributed by atoms with Crippen molar-refractivity contribution in [3.63, 3.8) is 0 Å². The number of benzene rings is 3. The Balaban J connectivity index is 0.000000271. The number of allylic oxidation sites excluding steroid dienone is 1. The quantitative estimate of drug-likeness (QED) is 0.0630. The molecule has 1 saturated carbocycles. The van der Waals surface area contributed by atoms with Gasteiger partial charge in [0.15, 0.2) is 12.6 Å². The van der Waals surface area contributed by atoms with Gasteiger partial charge in [-0.2, -0.15) is 15.8 Å². The van der Waals surface area contributed by atoms with Gasteiger partial charge >= 0.3 is 0 Å². The summed E-state index contributed by atoms with van der Waals surface area (Å²) in [7, 11) is 0. The van der Waals surface area contributed by atoms with Crippen LogP contribution in [0.5, 0.6) is 0 Å². The normalized spacial score (nSPS) is 14.7. The minimum absolute atomic E-state index is 0.0139. The van der Waals surface area contributed by atoms with Gasteiger partial charge in [0.1, 0.15) is 47.0 Å². The van der Waals surface area contributed by atoms with Crippen LogP contribution < -0.4 is 9.80 Å². The number of hydrogen-bond acceptors (Lipinski definition) is 7. The maximum Gasteiger partial charge on any atom is 0.298 e. The Hall–Kier alpha value is -5.98. The van der Waals surface area contributed by atoms with E-state index in [2.05, 4.69) is 14.6 Å². The van der Waals surface area contributed by atoms with E-state index in [9.17, 15) is 27.2 Å². The van der Waals surface area contributed by atoms with E-state index in [1.165, 1.54) is 88.8 Å². The van der Waals surface area contributed by atoms with Crippen molar-refractivity contribution in [3.05, 3.63) is 112 Å². The second kappa shape index (κ2) is 29.3. The molecule has 3 aromatic carbocycles. The van der Waals surface area contributed by atoms with Crippen LogP contribution in [0.3, 0.4) is 0 Å². The van der Waals surface area contributed by atoms with Crippen molar-refractivity contribution in [2.45, 2.75) is 96.3 Å². The molecule has 0 aromatic heterocycles. The Morgan fingerprint density at radius 1 is 0.569 bits per heavy atom. The standard InChI is InChI=1S/C16H16FN3.C13H16FNO.C7H4F2O.C7H14.C3H2N2/c17-16-10-15(20-7-3-1-2-4-8-20)6-5-14(16)9-13(11-18)12-19;14-13-9-12(6-5-11(13)10-16)15-7-3-1-2-4-8-15;8-6-2-1-5(4-10)7(9)3-6;1-2-4-6-7-5-3-1;1-5-3-2-4/h5-6,9-10H,1-4,7-8H2;5-6,9-10H,1-4,7-8H2;1-4H;1-7H2;3H2. The number of halogens is 4. The summed E-state index contributed by atoms with van der Waals surface area (Å²) in [5.41, 5.74) is 1.97. The first kappa shape index (κ1) is 48.2. The zero-order chi connectivity index (χ0) is 42.4. The van der Waals surface area contributed by atoms with Gasteiger partial charge in [-0.05, 0) is 80.3 Å². The number of carbonyl (C=O) groups excluding carboxylic acids is 2. The summed E-state index contributed by atoms with van der Waals surface area (Å²) < 4.78 is 52.0. The molecular weight excluding hydrogens is 745 g/mol. The van der Waals surface area contributed by atoms with Gasteiger partial charge in [-0.1, -0.05) is 70.6 Å². The fraction of sp³-hybridized carbons (Fsp3) is 0.435. The molecule has 2 saturated heterocycles. The third kappa shape index (κ3) is 18.8. The van der Waals surface area contributed by atoms with Crippen LogP contribution >= 0.6 is 0 Å². The first-order chi connectivity index (χ1) is 28.2. The van der Waals surface area contributed by atoms with E-state index in [4.69, 9.17) is 22.4 Å². The maximum atomic E-state index is 14.0. The van der Waals surface area contributed by atoms with Crippen molar-refractivity contribution < 1.29 is 27.2 Å². The first-order valence-electron chi connectivity index (χ1n) is 19.9. The zero-order valence-electron chi connectivity index (χ0n) is 33.1. The lowest BCUT2D eigenvalue weighted by molar-refractivity contribution is 0.111. The SMILES string of the molecule is C1CCCCCC1.N#CC(C#N)=Cc1ccc(N2CCCCCC2)cc1F.O=Cc1ccc(F)cc1F.O=Cc1ccc(N2CCCCCC2)cc1F.[C-]#[N+]CC#N. The molecule has 0 bridgehead atoms. The lowest BCUT2D eigenvalue weighted by atomic mass is 10.1. The number of hydrogen-bond donors (Lipinski definition) is 0. The monoisotopic (exact) mass is 796 g/mol. The van der Waals surface area contributed by atoms with E-state index in [-0.39, 0.29) is 28.8 Å². The van der Waals surface area contributed by atoms with E-state index in [0.29, 0.717) is 18.6 Å². The number of aldehydes is 2. The van der Waals surface area contributed by atoms with Gasteiger partial charge in [0.05, 0.1) is 11.1 Å². The maximum absolute atomic E-state index is 14.0. The molecule has 0 atom stereocenters. The topological polar surface area (TPSA) is 116 Å². The highest BCUT2D eigenvalue weighted by Gasteiger charge is 2.13. The number of nitrogens with zero attached hydrogens (tertiary/aromatic N) is 6. The Bertz CT molecular complexity index is 1860. The van der Waals surface area contributed by atoms with Gasteiger partial charge in [-0.25, -0.2) is 24.1 Å². The highest BCUT2D eigenvalue weighted by molar-refractivity contribution is 5.76. The van der Waals surface area contributed by atoms with Gasteiger partial charge in [-0.3, -0.25) is 9.59 Å². The summed E-state index contributed by atoms with van der Waals surface area (Å²) >= 11 is 0. The molecule has 3 aliphatic rings. The Kier molecular flexibility index (Phi) is 24.3. The van der Waals surface area contributed by atoms with E-state index in [0.717, 1.165) is 75.4 Å². The minimum atomic E-state index is -0.824. The van der Waals surface area contributed by atoms with Crippen molar-refractivity contribution in [3.8, 4) is 18.2 Å². The summed E-state index contributed by atoms with van der Waals surface area (Å²) in [6.07, 6.45) is 22.2. The van der Waals surface area contributed by atoms with Crippen molar-refractivity contribution >= 4 is 30.0 Å². The van der Waals surface area contributed by atoms with Gasteiger partial charge in [0, 0.05) is 49.2 Å². The van der Waals surface area contributed by atoms with Gasteiger partial charge in [0.25, 0.3) is 6.54 Å². The predicted octanol–water partition coefficient (Wildman–Crippen LogP) is 11.6. The summed E-state index contributed by atoms with van der Waals surface area (Å²) in [4.78, 5) is 27.6. The molecule has 12 heteroatoms. The van der Waals surface area contributed by atoms with Gasteiger partial charge in [0.2, 0.25) is 0 Å². The molecule has 8 nitrogen and oxygen atoms in total. The van der Waals surface area contributed by atoms with Crippen LogP contribution in [0.15, 0.2) is 60.2 Å². The average Bonchev–Trinajstić information content (AvgIpc) is 3.82. The number of nitriles is 3. The second-order valence-corrected chi connectivity index (χ2v) is 13.8. The molecule has 0 radical (unpaired) electrons. The third-order valence-electron chi connectivity index (χ3n) is 9.57. The molecule has 0 N–H and O–H groups in total. The highest BCUT2D eigenvalue weighted by atomic mass is 19.1. The van der Waals surface area contributed by atoms with Crippen LogP contribution in [0.1, 0.15) is 123 Å². The number of rotatable bonds is 5. The van der Waals surface area contributed by atoms with Crippen molar-refractivity contribution in [1.82, 2.24) is 0 Å². The summed E-state index contributed by atoms with van der Waals surface area (Å²) in [5.74, 6) is -2.32. The van der Waals surface area contributed by atoms with Crippen LogP contribution in [0, 0.1) is 63.8 Å². The van der Waals surface area contributed by atoms with Crippen LogP contribution in [0.4, 0.5) is 28.9 Å². The minimum Gasteiger partial charge on any atom is -0.371 e. The van der Waals surface area contributed by atoms with Crippen molar-refractivity contribution in [2.75, 3.05) is 42.5 Å². The molecule has 0 spiro atoms. The third-order valence-corrected chi connectivity index (χ3v) is 9.57. The molecule has 3 fully saturated rings. The number of anilines is 2. The largest absolute Gasteiger partial charge is 0.371 e. The smallest absolute Gasteiger partial charge is 0.298 e. The fourth-order valence-electron chi connectivity index (χ4n) is 6.41. The molecule has 6 rings (SSSR count). The summed E-state index contributed by atoms with van der Waals surface area (Å²) in [6, 6.07) is 17.8. The van der Waals surface area contributed by atoms with Gasteiger partial charge in [-0.15, -0.1) is 0 Å². The average molecular weight is 797 g/mol. The fourth-order valence-corrected chi connectivity index (χ4v) is 6.41. The van der Waals surface area contributed by atoms with E-state index < -0.39 is 23.3 Å². The second-order valence-electron chi connectivity index (χ2n) is 13.8. The Morgan fingerprint density at radius 3 is 1.24 bits per heavy atom. The molecule has 306 valence electrons. The Labute approximate surface area is 340 Å². The van der Waals surface area contributed by atoms with E-state index in [1.54, 1.807) is 30.3 Å². The first-order valence-corrected chi connectivity index (χ1v) is 19.9.